The Labute approximate surface area is 98.8 Å². The summed E-state index contributed by atoms with van der Waals surface area (Å²) >= 11 is 0. The van der Waals surface area contributed by atoms with Gasteiger partial charge in [-0.05, 0) is 38.8 Å². The zero-order valence-corrected chi connectivity index (χ0v) is 10.3. The summed E-state index contributed by atoms with van der Waals surface area (Å²) in [4.78, 5) is 2.55. The van der Waals surface area contributed by atoms with E-state index in [1.165, 1.54) is 25.9 Å². The Balaban J connectivity index is 1.93. The van der Waals surface area contributed by atoms with Crippen LogP contribution in [-0.2, 0) is 0 Å². The predicted octanol–water partition coefficient (Wildman–Crippen LogP) is 0.413. The summed E-state index contributed by atoms with van der Waals surface area (Å²) in [6.45, 7) is 7.29. The Morgan fingerprint density at radius 2 is 2.19 bits per heavy atom. The van der Waals surface area contributed by atoms with Gasteiger partial charge in [0.1, 0.15) is 0 Å². The lowest BCUT2D eigenvalue weighted by Gasteiger charge is -2.53. The third-order valence-corrected chi connectivity index (χ3v) is 4.14. The highest BCUT2D eigenvalue weighted by Crippen LogP contribution is 2.34. The molecule has 0 spiro atoms. The quantitative estimate of drug-likeness (QED) is 0.534. The first-order chi connectivity index (χ1) is 7.80. The average Bonchev–Trinajstić information content (AvgIpc) is 2.36. The van der Waals surface area contributed by atoms with Gasteiger partial charge in [-0.1, -0.05) is 0 Å². The lowest BCUT2D eigenvalue weighted by atomic mass is 9.72. The van der Waals surface area contributed by atoms with Crippen LogP contribution in [0.5, 0.6) is 0 Å². The Morgan fingerprint density at radius 3 is 2.69 bits per heavy atom. The Kier molecular flexibility index (Phi) is 3.86. The molecule has 0 aromatic rings. The van der Waals surface area contributed by atoms with E-state index in [0.29, 0.717) is 0 Å². The zero-order chi connectivity index (χ0) is 11.4. The summed E-state index contributed by atoms with van der Waals surface area (Å²) in [5.74, 6) is 6.82. The summed E-state index contributed by atoms with van der Waals surface area (Å²) in [5.41, 5.74) is 6.19. The van der Waals surface area contributed by atoms with Gasteiger partial charge < -0.3 is 16.0 Å². The molecule has 16 heavy (non-hydrogen) atoms. The van der Waals surface area contributed by atoms with Gasteiger partial charge >= 0.3 is 0 Å². The van der Waals surface area contributed by atoms with Gasteiger partial charge in [0.15, 0.2) is 0 Å². The van der Waals surface area contributed by atoms with Crippen molar-refractivity contribution in [1.82, 2.24) is 10.2 Å². The van der Waals surface area contributed by atoms with E-state index in [-0.39, 0.29) is 5.54 Å². The van der Waals surface area contributed by atoms with E-state index in [2.05, 4.69) is 22.1 Å². The topological polar surface area (TPSA) is 41.3 Å². The van der Waals surface area contributed by atoms with Crippen LogP contribution in [0.25, 0.3) is 0 Å². The lowest BCUT2D eigenvalue weighted by molar-refractivity contribution is 0.0116. The van der Waals surface area contributed by atoms with Crippen LogP contribution in [0.15, 0.2) is 0 Å². The van der Waals surface area contributed by atoms with Gasteiger partial charge in [-0.3, -0.25) is 0 Å². The van der Waals surface area contributed by atoms with Crippen LogP contribution >= 0.6 is 0 Å². The number of nitrogens with zero attached hydrogens (tertiary/aromatic N) is 1. The van der Waals surface area contributed by atoms with Gasteiger partial charge in [-0.15, -0.1) is 11.8 Å². The van der Waals surface area contributed by atoms with E-state index in [1.807, 2.05) is 6.92 Å². The smallest absolute Gasteiger partial charge is 0.0462 e. The summed E-state index contributed by atoms with van der Waals surface area (Å²) in [5, 5.41) is 3.68. The minimum Gasteiger partial charge on any atom is -0.329 e. The highest BCUT2D eigenvalue weighted by atomic mass is 15.2. The van der Waals surface area contributed by atoms with Crippen LogP contribution in [-0.4, -0.2) is 43.2 Å². The fraction of sp³-hybridized carbons (Fsp3) is 0.846. The minimum atomic E-state index is 0.173. The van der Waals surface area contributed by atoms with E-state index < -0.39 is 0 Å². The molecule has 0 aliphatic carbocycles. The molecule has 0 saturated carbocycles. The zero-order valence-electron chi connectivity index (χ0n) is 10.3. The molecule has 1 unspecified atom stereocenters. The molecule has 3 saturated heterocycles. The molecule has 0 aromatic heterocycles. The summed E-state index contributed by atoms with van der Waals surface area (Å²) in [6, 6.07) is 0. The van der Waals surface area contributed by atoms with Crippen LogP contribution in [0.1, 0.15) is 26.2 Å². The summed E-state index contributed by atoms with van der Waals surface area (Å²) in [7, 11) is 0. The molecule has 0 radical (unpaired) electrons. The summed E-state index contributed by atoms with van der Waals surface area (Å²) < 4.78 is 0. The molecule has 0 aromatic carbocycles. The first-order valence-electron chi connectivity index (χ1n) is 6.38. The van der Waals surface area contributed by atoms with Crippen LogP contribution in [0.3, 0.4) is 0 Å². The van der Waals surface area contributed by atoms with E-state index in [4.69, 9.17) is 5.73 Å². The van der Waals surface area contributed by atoms with E-state index in [1.54, 1.807) is 0 Å². The largest absolute Gasteiger partial charge is 0.329 e. The van der Waals surface area contributed by atoms with Crippen molar-refractivity contribution < 1.29 is 0 Å². The molecule has 3 heterocycles. The van der Waals surface area contributed by atoms with Crippen molar-refractivity contribution in [2.75, 3.05) is 32.7 Å². The average molecular weight is 221 g/mol. The maximum absolute atomic E-state index is 6.01. The van der Waals surface area contributed by atoms with Gasteiger partial charge in [0.2, 0.25) is 0 Å². The van der Waals surface area contributed by atoms with Crippen LogP contribution in [0, 0.1) is 17.8 Å². The molecule has 3 nitrogen and oxygen atoms in total. The Bertz CT molecular complexity index is 283. The second-order valence-electron chi connectivity index (χ2n) is 5.01. The fourth-order valence-corrected chi connectivity index (χ4v) is 3.17. The van der Waals surface area contributed by atoms with Crippen molar-refractivity contribution in [2.45, 2.75) is 31.7 Å². The highest BCUT2D eigenvalue weighted by Gasteiger charge is 2.45. The van der Waals surface area contributed by atoms with Gasteiger partial charge in [0.25, 0.3) is 0 Å². The third kappa shape index (κ3) is 2.24. The van der Waals surface area contributed by atoms with Gasteiger partial charge in [-0.25, -0.2) is 0 Å². The van der Waals surface area contributed by atoms with Crippen molar-refractivity contribution in [3.05, 3.63) is 0 Å². The standard InChI is InChI=1S/C13H23N3/c1-2-3-4-7-15-13(10-14)11-16-8-5-12(13)6-9-16/h12,15H,4-11,14H2,1H3. The molecular formula is C13H23N3. The number of nitrogens with one attached hydrogen (secondary N) is 1. The summed E-state index contributed by atoms with van der Waals surface area (Å²) in [6.07, 6.45) is 3.55. The number of piperidine rings is 3. The second-order valence-corrected chi connectivity index (χ2v) is 5.01. The predicted molar refractivity (Wildman–Crippen MR) is 67.0 cm³/mol. The van der Waals surface area contributed by atoms with Gasteiger partial charge in [-0.2, -0.15) is 0 Å². The minimum absolute atomic E-state index is 0.173. The third-order valence-electron chi connectivity index (χ3n) is 4.14. The first-order valence-corrected chi connectivity index (χ1v) is 6.38. The lowest BCUT2D eigenvalue weighted by Crippen LogP contribution is -2.69. The monoisotopic (exact) mass is 221 g/mol. The van der Waals surface area contributed by atoms with Crippen molar-refractivity contribution in [3.8, 4) is 11.8 Å². The molecule has 3 aliphatic heterocycles. The molecule has 3 aliphatic rings. The number of hydrogen-bond acceptors (Lipinski definition) is 3. The molecule has 3 heteroatoms. The maximum atomic E-state index is 6.01. The molecular weight excluding hydrogens is 198 g/mol. The molecule has 90 valence electrons. The fourth-order valence-electron chi connectivity index (χ4n) is 3.17. The molecule has 2 bridgehead atoms. The normalized spacial score (nSPS) is 36.9. The van der Waals surface area contributed by atoms with Gasteiger partial charge in [0, 0.05) is 31.6 Å². The number of nitrogens with two attached hydrogens (primary N) is 1. The Morgan fingerprint density at radius 1 is 1.44 bits per heavy atom. The van der Waals surface area contributed by atoms with Crippen molar-refractivity contribution in [1.29, 1.82) is 0 Å². The molecule has 3 rings (SSSR count). The van der Waals surface area contributed by atoms with E-state index in [0.717, 1.165) is 32.0 Å². The highest BCUT2D eigenvalue weighted by molar-refractivity contribution is 5.05. The van der Waals surface area contributed by atoms with Crippen molar-refractivity contribution in [3.63, 3.8) is 0 Å². The van der Waals surface area contributed by atoms with Gasteiger partial charge in [0.05, 0.1) is 0 Å². The molecule has 0 amide bonds. The van der Waals surface area contributed by atoms with Crippen molar-refractivity contribution >= 4 is 0 Å². The first kappa shape index (κ1) is 11.9. The molecule has 1 atom stereocenters. The van der Waals surface area contributed by atoms with Crippen molar-refractivity contribution in [2.24, 2.45) is 11.7 Å². The molecule has 3 N–H and O–H groups in total. The number of rotatable bonds is 4. The van der Waals surface area contributed by atoms with Crippen LogP contribution in [0.4, 0.5) is 0 Å². The molecule has 3 fully saturated rings. The van der Waals surface area contributed by atoms with Crippen LogP contribution in [0.2, 0.25) is 0 Å². The SMILES string of the molecule is CC#CCCNC1(CN)CN2CCC1CC2. The van der Waals surface area contributed by atoms with E-state index in [9.17, 15) is 0 Å². The maximum Gasteiger partial charge on any atom is 0.0462 e. The Hall–Kier alpha value is -0.560. The number of hydrogen-bond donors (Lipinski definition) is 2. The number of fused-ring (bicyclic) bond motifs is 3. The van der Waals surface area contributed by atoms with E-state index >= 15 is 0 Å². The van der Waals surface area contributed by atoms with Crippen LogP contribution < -0.4 is 11.1 Å². The second kappa shape index (κ2) is 5.18.